The third kappa shape index (κ3) is 10.2. The number of rotatable bonds is 8. The lowest BCUT2D eigenvalue weighted by atomic mass is 10.1. The summed E-state index contributed by atoms with van der Waals surface area (Å²) in [5, 5.41) is 16.9. The molecular weight excluding hydrogens is 332 g/mol. The van der Waals surface area contributed by atoms with Crippen LogP contribution in [0.25, 0.3) is 0 Å². The number of alkyl halides is 2. The van der Waals surface area contributed by atoms with E-state index in [2.05, 4.69) is 31.9 Å². The number of carbonyl (C=O) groups is 2. The second kappa shape index (κ2) is 7.22. The highest BCUT2D eigenvalue weighted by Gasteiger charge is 2.22. The van der Waals surface area contributed by atoms with Crippen LogP contribution in [0.3, 0.4) is 0 Å². The van der Waals surface area contributed by atoms with Gasteiger partial charge in [0.25, 0.3) is 0 Å². The third-order valence-electron chi connectivity index (χ3n) is 1.87. The summed E-state index contributed by atoms with van der Waals surface area (Å²) in [7, 11) is 0. The SMILES string of the molecule is O=C(O)CCCC(Br)(Br)CCCC(=O)O. The lowest BCUT2D eigenvalue weighted by Gasteiger charge is -2.19. The third-order valence-corrected chi connectivity index (χ3v) is 3.45. The molecule has 15 heavy (non-hydrogen) atoms. The second-order valence-corrected chi connectivity index (χ2v) is 7.45. The van der Waals surface area contributed by atoms with E-state index >= 15 is 0 Å². The zero-order valence-electron chi connectivity index (χ0n) is 8.21. The maximum Gasteiger partial charge on any atom is 0.303 e. The smallest absolute Gasteiger partial charge is 0.303 e. The molecule has 6 heteroatoms. The van der Waals surface area contributed by atoms with Crippen molar-refractivity contribution >= 4 is 43.8 Å². The molecule has 0 rings (SSSR count). The van der Waals surface area contributed by atoms with Crippen molar-refractivity contribution in [2.24, 2.45) is 0 Å². The van der Waals surface area contributed by atoms with Crippen LogP contribution in [0, 0.1) is 0 Å². The molecule has 4 nitrogen and oxygen atoms in total. The van der Waals surface area contributed by atoms with Gasteiger partial charge in [0.15, 0.2) is 0 Å². The van der Waals surface area contributed by atoms with E-state index in [1.165, 1.54) is 0 Å². The van der Waals surface area contributed by atoms with E-state index in [1.54, 1.807) is 0 Å². The number of halogens is 2. The van der Waals surface area contributed by atoms with Gasteiger partial charge in [0.1, 0.15) is 0 Å². The molecule has 0 fully saturated rings. The molecular formula is C9H14Br2O4. The minimum atomic E-state index is -0.809. The van der Waals surface area contributed by atoms with E-state index in [-0.39, 0.29) is 16.1 Å². The average molecular weight is 346 g/mol. The van der Waals surface area contributed by atoms with E-state index in [0.29, 0.717) is 25.7 Å². The number of aliphatic carboxylic acids is 2. The Hall–Kier alpha value is -0.100. The van der Waals surface area contributed by atoms with Gasteiger partial charge in [0.05, 0.1) is 3.23 Å². The summed E-state index contributed by atoms with van der Waals surface area (Å²) < 4.78 is -0.328. The van der Waals surface area contributed by atoms with Gasteiger partial charge < -0.3 is 10.2 Å². The minimum absolute atomic E-state index is 0.137. The van der Waals surface area contributed by atoms with Crippen molar-refractivity contribution in [3.63, 3.8) is 0 Å². The molecule has 0 saturated carbocycles. The lowest BCUT2D eigenvalue weighted by molar-refractivity contribution is -0.138. The highest BCUT2D eigenvalue weighted by atomic mass is 79.9. The van der Waals surface area contributed by atoms with Crippen LogP contribution in [-0.4, -0.2) is 25.4 Å². The van der Waals surface area contributed by atoms with Gasteiger partial charge in [-0.05, 0) is 25.7 Å². The molecule has 0 aliphatic rings. The van der Waals surface area contributed by atoms with Crippen molar-refractivity contribution in [1.29, 1.82) is 0 Å². The molecule has 0 atom stereocenters. The molecule has 0 aliphatic heterocycles. The van der Waals surface area contributed by atoms with Gasteiger partial charge in [-0.25, -0.2) is 0 Å². The fraction of sp³-hybridized carbons (Fsp3) is 0.778. The van der Waals surface area contributed by atoms with E-state index in [9.17, 15) is 9.59 Å². The Morgan fingerprint density at radius 3 is 1.53 bits per heavy atom. The van der Waals surface area contributed by atoms with Crippen LogP contribution in [-0.2, 0) is 9.59 Å². The van der Waals surface area contributed by atoms with Crippen molar-refractivity contribution in [2.45, 2.75) is 41.8 Å². The van der Waals surface area contributed by atoms with Crippen molar-refractivity contribution in [3.8, 4) is 0 Å². The topological polar surface area (TPSA) is 74.6 Å². The number of hydrogen-bond donors (Lipinski definition) is 2. The van der Waals surface area contributed by atoms with Crippen LogP contribution >= 0.6 is 31.9 Å². The Balaban J connectivity index is 3.66. The molecule has 2 N–H and O–H groups in total. The van der Waals surface area contributed by atoms with Crippen LogP contribution in [0.4, 0.5) is 0 Å². The summed E-state index contributed by atoms with van der Waals surface area (Å²) in [5.41, 5.74) is 0. The summed E-state index contributed by atoms with van der Waals surface area (Å²) in [6.45, 7) is 0. The van der Waals surface area contributed by atoms with E-state index in [4.69, 9.17) is 10.2 Å². The van der Waals surface area contributed by atoms with Crippen LogP contribution in [0.5, 0.6) is 0 Å². The summed E-state index contributed by atoms with van der Waals surface area (Å²) in [6, 6.07) is 0. The molecule has 0 spiro atoms. The Labute approximate surface area is 105 Å². The Morgan fingerprint density at radius 1 is 0.933 bits per heavy atom. The van der Waals surface area contributed by atoms with Crippen LogP contribution in [0.15, 0.2) is 0 Å². The molecule has 0 bridgehead atoms. The number of hydrogen-bond acceptors (Lipinski definition) is 2. The monoisotopic (exact) mass is 344 g/mol. The summed E-state index contributed by atoms with van der Waals surface area (Å²) in [5.74, 6) is -1.62. The Bertz CT molecular complexity index is 206. The molecule has 0 aliphatic carbocycles. The van der Waals surface area contributed by atoms with E-state index in [0.717, 1.165) is 0 Å². The minimum Gasteiger partial charge on any atom is -0.481 e. The fourth-order valence-corrected chi connectivity index (χ4v) is 2.24. The summed E-state index contributed by atoms with van der Waals surface area (Å²) >= 11 is 6.83. The van der Waals surface area contributed by atoms with Crippen molar-refractivity contribution in [1.82, 2.24) is 0 Å². The standard InChI is InChI=1S/C9H14Br2O4/c10-9(11,5-1-3-7(12)13)6-2-4-8(14)15/h1-6H2,(H,12,13)(H,14,15). The van der Waals surface area contributed by atoms with Gasteiger partial charge in [0, 0.05) is 12.8 Å². The van der Waals surface area contributed by atoms with Crippen molar-refractivity contribution in [3.05, 3.63) is 0 Å². The van der Waals surface area contributed by atoms with Gasteiger partial charge in [-0.3, -0.25) is 9.59 Å². The zero-order chi connectivity index (χ0) is 11.9. The van der Waals surface area contributed by atoms with Gasteiger partial charge in [-0.2, -0.15) is 0 Å². The normalized spacial score (nSPS) is 11.3. The lowest BCUT2D eigenvalue weighted by Crippen LogP contribution is -2.12. The molecule has 88 valence electrons. The maximum absolute atomic E-state index is 10.3. The van der Waals surface area contributed by atoms with Crippen LogP contribution < -0.4 is 0 Å². The predicted molar refractivity (Wildman–Crippen MR) is 63.6 cm³/mol. The molecule has 0 aromatic rings. The maximum atomic E-state index is 10.3. The molecule has 0 unspecified atom stereocenters. The molecule has 0 heterocycles. The van der Waals surface area contributed by atoms with Crippen LogP contribution in [0.1, 0.15) is 38.5 Å². The molecule has 0 saturated heterocycles. The predicted octanol–water partition coefficient (Wildman–Crippen LogP) is 2.98. The first-order valence-electron chi connectivity index (χ1n) is 4.65. The first-order chi connectivity index (χ1) is 6.83. The Kier molecular flexibility index (Phi) is 7.17. The molecule has 0 amide bonds. The fourth-order valence-electron chi connectivity index (χ4n) is 1.12. The van der Waals surface area contributed by atoms with E-state index in [1.807, 2.05) is 0 Å². The van der Waals surface area contributed by atoms with Gasteiger partial charge in [-0.1, -0.05) is 31.9 Å². The van der Waals surface area contributed by atoms with Gasteiger partial charge in [0.2, 0.25) is 0 Å². The second-order valence-electron chi connectivity index (χ2n) is 3.35. The molecule has 0 aromatic heterocycles. The number of carboxylic acid groups (broad SMARTS) is 2. The first-order valence-corrected chi connectivity index (χ1v) is 6.23. The molecule has 0 aromatic carbocycles. The highest BCUT2D eigenvalue weighted by molar-refractivity contribution is 9.25. The van der Waals surface area contributed by atoms with Crippen molar-refractivity contribution in [2.75, 3.05) is 0 Å². The zero-order valence-corrected chi connectivity index (χ0v) is 11.4. The van der Waals surface area contributed by atoms with E-state index < -0.39 is 11.9 Å². The van der Waals surface area contributed by atoms with Crippen molar-refractivity contribution < 1.29 is 19.8 Å². The highest BCUT2D eigenvalue weighted by Crippen LogP contribution is 2.37. The quantitative estimate of drug-likeness (QED) is 0.663. The summed E-state index contributed by atoms with van der Waals surface area (Å²) in [6.07, 6.45) is 2.74. The van der Waals surface area contributed by atoms with Gasteiger partial charge in [-0.15, -0.1) is 0 Å². The van der Waals surface area contributed by atoms with Crippen LogP contribution in [0.2, 0.25) is 0 Å². The summed E-state index contributed by atoms with van der Waals surface area (Å²) in [4.78, 5) is 20.6. The van der Waals surface area contributed by atoms with Gasteiger partial charge >= 0.3 is 11.9 Å². The Morgan fingerprint density at radius 2 is 1.27 bits per heavy atom. The molecule has 0 radical (unpaired) electrons. The average Bonchev–Trinajstić information content (AvgIpc) is 2.01. The first kappa shape index (κ1) is 14.9. The largest absolute Gasteiger partial charge is 0.481 e. The number of carboxylic acids is 2.